The van der Waals surface area contributed by atoms with E-state index in [9.17, 15) is 0 Å². The topological polar surface area (TPSA) is 77.8 Å². The van der Waals surface area contributed by atoms with Gasteiger partial charge in [-0.05, 0) is 31.4 Å². The molecule has 0 aliphatic carbocycles. The second-order valence-electron chi connectivity index (χ2n) is 4.86. The SMILES string of the molecule is Cc1cccc(-c2noc(C(N)CC(C)C)n2)n1. The van der Waals surface area contributed by atoms with Gasteiger partial charge in [0, 0.05) is 5.69 Å². The molecule has 0 saturated carbocycles. The third kappa shape index (κ3) is 2.92. The molecule has 96 valence electrons. The van der Waals surface area contributed by atoms with Crippen molar-refractivity contribution < 1.29 is 4.52 Å². The zero-order chi connectivity index (χ0) is 13.1. The zero-order valence-corrected chi connectivity index (χ0v) is 10.9. The van der Waals surface area contributed by atoms with Gasteiger partial charge in [0.25, 0.3) is 0 Å². The molecule has 0 aliphatic rings. The van der Waals surface area contributed by atoms with Crippen molar-refractivity contribution in [1.82, 2.24) is 15.1 Å². The van der Waals surface area contributed by atoms with E-state index < -0.39 is 0 Å². The maximum atomic E-state index is 6.00. The van der Waals surface area contributed by atoms with Gasteiger partial charge in [0.15, 0.2) is 0 Å². The molecule has 2 rings (SSSR count). The van der Waals surface area contributed by atoms with Gasteiger partial charge in [-0.25, -0.2) is 4.98 Å². The Bertz CT molecular complexity index is 521. The first-order valence-corrected chi connectivity index (χ1v) is 6.09. The van der Waals surface area contributed by atoms with Crippen LogP contribution in [-0.4, -0.2) is 15.1 Å². The predicted molar refractivity (Wildman–Crippen MR) is 68.6 cm³/mol. The minimum atomic E-state index is -0.212. The molecule has 0 aliphatic heterocycles. The smallest absolute Gasteiger partial charge is 0.243 e. The maximum Gasteiger partial charge on any atom is 0.243 e. The third-order valence-corrected chi connectivity index (χ3v) is 2.60. The van der Waals surface area contributed by atoms with E-state index in [2.05, 4.69) is 29.0 Å². The summed E-state index contributed by atoms with van der Waals surface area (Å²) in [6, 6.07) is 5.49. The predicted octanol–water partition coefficient (Wildman–Crippen LogP) is 2.49. The fourth-order valence-electron chi connectivity index (χ4n) is 1.77. The molecule has 2 N–H and O–H groups in total. The highest BCUT2D eigenvalue weighted by Gasteiger charge is 2.17. The average Bonchev–Trinajstić information content (AvgIpc) is 2.77. The molecule has 0 aromatic carbocycles. The molecule has 2 aromatic heterocycles. The van der Waals surface area contributed by atoms with Crippen molar-refractivity contribution in [2.24, 2.45) is 11.7 Å². The molecular weight excluding hydrogens is 228 g/mol. The van der Waals surface area contributed by atoms with Gasteiger partial charge in [0.2, 0.25) is 11.7 Å². The first-order valence-electron chi connectivity index (χ1n) is 6.09. The number of nitrogens with zero attached hydrogens (tertiary/aromatic N) is 3. The fraction of sp³-hybridized carbons (Fsp3) is 0.462. The summed E-state index contributed by atoms with van der Waals surface area (Å²) >= 11 is 0. The summed E-state index contributed by atoms with van der Waals surface area (Å²) < 4.78 is 5.20. The number of rotatable bonds is 4. The van der Waals surface area contributed by atoms with Crippen LogP contribution < -0.4 is 5.73 Å². The molecule has 2 aromatic rings. The summed E-state index contributed by atoms with van der Waals surface area (Å²) in [5.41, 5.74) is 7.63. The molecule has 0 spiro atoms. The van der Waals surface area contributed by atoms with Gasteiger partial charge in [-0.1, -0.05) is 25.1 Å². The Hall–Kier alpha value is -1.75. The molecular formula is C13H18N4O. The highest BCUT2D eigenvalue weighted by Crippen LogP contribution is 2.20. The van der Waals surface area contributed by atoms with Crippen LogP contribution in [0.1, 0.15) is 37.9 Å². The maximum absolute atomic E-state index is 6.00. The van der Waals surface area contributed by atoms with Crippen LogP contribution in [0.5, 0.6) is 0 Å². The molecule has 1 unspecified atom stereocenters. The Morgan fingerprint density at radius 2 is 2.06 bits per heavy atom. The van der Waals surface area contributed by atoms with E-state index in [4.69, 9.17) is 10.3 Å². The molecule has 0 fully saturated rings. The molecule has 18 heavy (non-hydrogen) atoms. The van der Waals surface area contributed by atoms with Gasteiger partial charge >= 0.3 is 0 Å². The van der Waals surface area contributed by atoms with Crippen LogP contribution in [0.4, 0.5) is 0 Å². The molecule has 2 heterocycles. The van der Waals surface area contributed by atoms with Gasteiger partial charge in [0.1, 0.15) is 5.69 Å². The van der Waals surface area contributed by atoms with E-state index >= 15 is 0 Å². The standard InChI is InChI=1S/C13H18N4O/c1-8(2)7-10(14)13-16-12(17-18-13)11-6-4-5-9(3)15-11/h4-6,8,10H,7,14H2,1-3H3. The monoisotopic (exact) mass is 246 g/mol. The Kier molecular flexibility index (Phi) is 3.72. The van der Waals surface area contributed by atoms with E-state index in [0.717, 1.165) is 12.1 Å². The van der Waals surface area contributed by atoms with Gasteiger partial charge in [0.05, 0.1) is 6.04 Å². The molecule has 0 saturated heterocycles. The van der Waals surface area contributed by atoms with Gasteiger partial charge in [-0.3, -0.25) is 0 Å². The van der Waals surface area contributed by atoms with Crippen molar-refractivity contribution in [1.29, 1.82) is 0 Å². The molecule has 1 atom stereocenters. The Morgan fingerprint density at radius 1 is 1.28 bits per heavy atom. The van der Waals surface area contributed by atoms with Crippen molar-refractivity contribution in [2.75, 3.05) is 0 Å². The lowest BCUT2D eigenvalue weighted by atomic mass is 10.0. The van der Waals surface area contributed by atoms with Gasteiger partial charge in [-0.15, -0.1) is 0 Å². The fourth-order valence-corrected chi connectivity index (χ4v) is 1.77. The highest BCUT2D eigenvalue weighted by atomic mass is 16.5. The Balaban J connectivity index is 2.20. The number of hydrogen-bond donors (Lipinski definition) is 1. The van der Waals surface area contributed by atoms with Crippen molar-refractivity contribution in [3.63, 3.8) is 0 Å². The molecule has 0 amide bonds. The lowest BCUT2D eigenvalue weighted by molar-refractivity contribution is 0.335. The molecule has 0 bridgehead atoms. The number of nitrogens with two attached hydrogens (primary N) is 1. The van der Waals surface area contributed by atoms with Gasteiger partial charge < -0.3 is 10.3 Å². The largest absolute Gasteiger partial charge is 0.337 e. The van der Waals surface area contributed by atoms with Crippen molar-refractivity contribution in [3.05, 3.63) is 29.8 Å². The van der Waals surface area contributed by atoms with Crippen LogP contribution in [0.3, 0.4) is 0 Å². The lowest BCUT2D eigenvalue weighted by Crippen LogP contribution is -2.13. The summed E-state index contributed by atoms with van der Waals surface area (Å²) in [4.78, 5) is 8.66. The Labute approximate surface area is 106 Å². The third-order valence-electron chi connectivity index (χ3n) is 2.60. The molecule has 0 radical (unpaired) electrons. The summed E-state index contributed by atoms with van der Waals surface area (Å²) in [5, 5.41) is 3.93. The van der Waals surface area contributed by atoms with Crippen LogP contribution >= 0.6 is 0 Å². The highest BCUT2D eigenvalue weighted by molar-refractivity contribution is 5.48. The number of hydrogen-bond acceptors (Lipinski definition) is 5. The van der Waals surface area contributed by atoms with E-state index in [1.165, 1.54) is 0 Å². The van der Waals surface area contributed by atoms with Crippen LogP contribution in [-0.2, 0) is 0 Å². The minimum Gasteiger partial charge on any atom is -0.337 e. The van der Waals surface area contributed by atoms with Crippen molar-refractivity contribution >= 4 is 0 Å². The summed E-state index contributed by atoms with van der Waals surface area (Å²) in [7, 11) is 0. The first-order chi connectivity index (χ1) is 8.56. The van der Waals surface area contributed by atoms with Crippen molar-refractivity contribution in [2.45, 2.75) is 33.2 Å². The van der Waals surface area contributed by atoms with E-state index in [1.807, 2.05) is 25.1 Å². The van der Waals surface area contributed by atoms with Crippen LogP contribution in [0.15, 0.2) is 22.7 Å². The average molecular weight is 246 g/mol. The molecule has 5 nitrogen and oxygen atoms in total. The number of aryl methyl sites for hydroxylation is 1. The zero-order valence-electron chi connectivity index (χ0n) is 10.9. The van der Waals surface area contributed by atoms with E-state index in [1.54, 1.807) is 0 Å². The normalized spacial score (nSPS) is 12.9. The summed E-state index contributed by atoms with van der Waals surface area (Å²) in [6.45, 7) is 6.15. The second kappa shape index (κ2) is 5.27. The van der Waals surface area contributed by atoms with Crippen LogP contribution in [0, 0.1) is 12.8 Å². The van der Waals surface area contributed by atoms with E-state index in [0.29, 0.717) is 23.3 Å². The second-order valence-corrected chi connectivity index (χ2v) is 4.86. The summed E-state index contributed by atoms with van der Waals surface area (Å²) in [5.74, 6) is 1.46. The van der Waals surface area contributed by atoms with Crippen LogP contribution in [0.2, 0.25) is 0 Å². The van der Waals surface area contributed by atoms with E-state index in [-0.39, 0.29) is 6.04 Å². The first kappa shape index (κ1) is 12.7. The molecule has 5 heteroatoms. The Morgan fingerprint density at radius 3 is 2.72 bits per heavy atom. The quantitative estimate of drug-likeness (QED) is 0.896. The number of pyridine rings is 1. The minimum absolute atomic E-state index is 0.212. The summed E-state index contributed by atoms with van der Waals surface area (Å²) in [6.07, 6.45) is 0.822. The number of aromatic nitrogens is 3. The van der Waals surface area contributed by atoms with Crippen molar-refractivity contribution in [3.8, 4) is 11.5 Å². The van der Waals surface area contributed by atoms with Crippen LogP contribution in [0.25, 0.3) is 11.5 Å². The lowest BCUT2D eigenvalue weighted by Gasteiger charge is -2.08. The van der Waals surface area contributed by atoms with Gasteiger partial charge in [-0.2, -0.15) is 4.98 Å².